The minimum absolute atomic E-state index is 0. The van der Waals surface area contributed by atoms with Gasteiger partial charge in [0.1, 0.15) is 5.60 Å². The Morgan fingerprint density at radius 3 is 2.58 bits per heavy atom. The maximum absolute atomic E-state index is 11.2. The molecular weight excluding hydrogens is 178 g/mol. The van der Waals surface area contributed by atoms with Gasteiger partial charge in [-0.2, -0.15) is 0 Å². The molecule has 1 heterocycles. The Bertz CT molecular complexity index is 182. The lowest BCUT2D eigenvalue weighted by molar-refractivity contribution is -0.144. The molecule has 0 aromatic heterocycles. The molecule has 1 fully saturated rings. The van der Waals surface area contributed by atoms with Crippen molar-refractivity contribution in [2.75, 3.05) is 13.6 Å². The van der Waals surface area contributed by atoms with Gasteiger partial charge in [-0.25, -0.2) is 0 Å². The Balaban J connectivity index is 0.00000121. The second-order valence-electron chi connectivity index (χ2n) is 3.67. The number of halogens is 1. The van der Waals surface area contributed by atoms with E-state index in [1.54, 1.807) is 6.92 Å². The largest absolute Gasteiger partial charge is 0.381 e. The zero-order valence-electron chi connectivity index (χ0n) is 7.70. The number of nitrogens with zero attached hydrogens (tertiary/aromatic N) is 1. The van der Waals surface area contributed by atoms with Crippen LogP contribution in [0, 0.1) is 0 Å². The van der Waals surface area contributed by atoms with Gasteiger partial charge in [0, 0.05) is 19.0 Å². The molecule has 0 aliphatic carbocycles. The summed E-state index contributed by atoms with van der Waals surface area (Å²) in [6.45, 7) is 4.03. The van der Waals surface area contributed by atoms with Gasteiger partial charge in [-0.15, -0.1) is 12.4 Å². The van der Waals surface area contributed by atoms with Crippen molar-refractivity contribution >= 4 is 18.2 Å². The molecule has 2 atom stereocenters. The molecule has 0 aromatic carbocycles. The van der Waals surface area contributed by atoms with Crippen LogP contribution in [0.1, 0.15) is 20.3 Å². The van der Waals surface area contributed by atoms with Crippen LogP contribution in [-0.4, -0.2) is 41.0 Å². The highest BCUT2D eigenvalue weighted by molar-refractivity contribution is 5.88. The van der Waals surface area contributed by atoms with Crippen molar-refractivity contribution in [1.82, 2.24) is 4.90 Å². The summed E-state index contributed by atoms with van der Waals surface area (Å²) in [4.78, 5) is 13.2. The lowest BCUT2D eigenvalue weighted by Crippen LogP contribution is -2.54. The molecule has 0 spiro atoms. The van der Waals surface area contributed by atoms with Gasteiger partial charge in [-0.3, -0.25) is 9.69 Å². The fourth-order valence-electron chi connectivity index (χ4n) is 1.37. The zero-order valence-corrected chi connectivity index (χ0v) is 8.52. The third kappa shape index (κ3) is 2.19. The van der Waals surface area contributed by atoms with Crippen molar-refractivity contribution in [3.8, 4) is 0 Å². The first-order valence-corrected chi connectivity index (χ1v) is 3.89. The van der Waals surface area contributed by atoms with E-state index in [1.165, 1.54) is 0 Å². The molecule has 0 aromatic rings. The van der Waals surface area contributed by atoms with E-state index in [9.17, 15) is 9.90 Å². The quantitative estimate of drug-likeness (QED) is 0.608. The minimum Gasteiger partial charge on any atom is -0.381 e. The van der Waals surface area contributed by atoms with Crippen LogP contribution < -0.4 is 0 Å². The molecule has 72 valence electrons. The summed E-state index contributed by atoms with van der Waals surface area (Å²) in [6, 6.07) is 0.266. The minimum atomic E-state index is -1.12. The summed E-state index contributed by atoms with van der Waals surface area (Å²) in [5.41, 5.74) is -1.12. The molecule has 1 saturated heterocycles. The molecule has 1 aliphatic heterocycles. The monoisotopic (exact) mass is 193 g/mol. The van der Waals surface area contributed by atoms with E-state index in [2.05, 4.69) is 0 Å². The van der Waals surface area contributed by atoms with Gasteiger partial charge in [-0.05, 0) is 20.9 Å². The van der Waals surface area contributed by atoms with E-state index in [0.717, 1.165) is 0 Å². The fourth-order valence-corrected chi connectivity index (χ4v) is 1.37. The standard InChI is InChI=1S/C8H15NO2.ClH/c1-6-4-7(10)8(2,11)5-9(6)3;/h6,11H,4-5H2,1-3H3;1H. The number of likely N-dealkylation sites (N-methyl/N-ethyl adjacent to an activating group) is 1. The smallest absolute Gasteiger partial charge is 0.166 e. The number of ketones is 1. The summed E-state index contributed by atoms with van der Waals surface area (Å²) < 4.78 is 0. The van der Waals surface area contributed by atoms with Gasteiger partial charge in [0.05, 0.1) is 0 Å². The number of aliphatic hydroxyl groups is 1. The Labute approximate surface area is 79.2 Å². The molecule has 0 amide bonds. The van der Waals surface area contributed by atoms with Crippen molar-refractivity contribution in [2.24, 2.45) is 0 Å². The van der Waals surface area contributed by atoms with Crippen molar-refractivity contribution in [3.63, 3.8) is 0 Å². The van der Waals surface area contributed by atoms with Crippen LogP contribution in [0.15, 0.2) is 0 Å². The average molecular weight is 194 g/mol. The molecule has 0 radical (unpaired) electrons. The molecule has 2 unspecified atom stereocenters. The maximum atomic E-state index is 11.2. The van der Waals surface area contributed by atoms with Crippen LogP contribution in [0.5, 0.6) is 0 Å². The van der Waals surface area contributed by atoms with E-state index in [0.29, 0.717) is 13.0 Å². The highest BCUT2D eigenvalue weighted by atomic mass is 35.5. The number of carbonyl (C=O) groups excluding carboxylic acids is 1. The summed E-state index contributed by atoms with van der Waals surface area (Å²) in [5.74, 6) is -0.0388. The van der Waals surface area contributed by atoms with Crippen LogP contribution in [0.2, 0.25) is 0 Å². The van der Waals surface area contributed by atoms with Gasteiger partial charge in [0.15, 0.2) is 5.78 Å². The van der Waals surface area contributed by atoms with Gasteiger partial charge in [-0.1, -0.05) is 0 Å². The van der Waals surface area contributed by atoms with E-state index in [-0.39, 0.29) is 24.2 Å². The van der Waals surface area contributed by atoms with Crippen molar-refractivity contribution in [1.29, 1.82) is 0 Å². The normalized spacial score (nSPS) is 37.7. The van der Waals surface area contributed by atoms with Crippen molar-refractivity contribution in [3.05, 3.63) is 0 Å². The van der Waals surface area contributed by atoms with Crippen LogP contribution in [-0.2, 0) is 4.79 Å². The van der Waals surface area contributed by atoms with E-state index in [1.807, 2.05) is 18.9 Å². The number of rotatable bonds is 0. The highest BCUT2D eigenvalue weighted by Gasteiger charge is 2.37. The number of Topliss-reactive ketones (excluding diaryl/α,β-unsaturated/α-hetero) is 1. The first kappa shape index (κ1) is 11.9. The predicted molar refractivity (Wildman–Crippen MR) is 49.6 cm³/mol. The van der Waals surface area contributed by atoms with E-state index < -0.39 is 5.60 Å². The van der Waals surface area contributed by atoms with Gasteiger partial charge in [0.25, 0.3) is 0 Å². The Morgan fingerprint density at radius 1 is 1.67 bits per heavy atom. The van der Waals surface area contributed by atoms with Gasteiger partial charge >= 0.3 is 0 Å². The molecule has 4 heteroatoms. The topological polar surface area (TPSA) is 40.5 Å². The number of piperidine rings is 1. The SMILES string of the molecule is CC1CC(=O)C(C)(O)CN1C.Cl. The number of hydrogen-bond donors (Lipinski definition) is 1. The number of hydrogen-bond acceptors (Lipinski definition) is 3. The molecule has 12 heavy (non-hydrogen) atoms. The molecule has 1 rings (SSSR count). The average Bonchev–Trinajstić information content (AvgIpc) is 1.83. The van der Waals surface area contributed by atoms with E-state index >= 15 is 0 Å². The molecule has 3 nitrogen and oxygen atoms in total. The first-order valence-electron chi connectivity index (χ1n) is 3.89. The number of β-amino-alcohol motifs (C(OH)–C–C–N with tert-alkyl or cyclic N) is 1. The third-order valence-corrected chi connectivity index (χ3v) is 2.39. The molecule has 1 aliphatic rings. The molecule has 0 bridgehead atoms. The Hall–Kier alpha value is -0.120. The maximum Gasteiger partial charge on any atom is 0.166 e. The molecule has 1 N–H and O–H groups in total. The summed E-state index contributed by atoms with van der Waals surface area (Å²) in [5, 5.41) is 9.54. The molecular formula is C8H16ClNO2. The zero-order chi connectivity index (χ0) is 8.65. The lowest BCUT2D eigenvalue weighted by Gasteiger charge is -2.37. The van der Waals surface area contributed by atoms with Gasteiger partial charge in [0.2, 0.25) is 0 Å². The van der Waals surface area contributed by atoms with Crippen LogP contribution in [0.3, 0.4) is 0 Å². The second-order valence-corrected chi connectivity index (χ2v) is 3.67. The predicted octanol–water partition coefficient (Wildman–Crippen LogP) is 0.452. The van der Waals surface area contributed by atoms with E-state index in [4.69, 9.17) is 0 Å². The van der Waals surface area contributed by atoms with Crippen LogP contribution in [0.4, 0.5) is 0 Å². The number of likely N-dealkylation sites (tertiary alicyclic amines) is 1. The first-order chi connectivity index (χ1) is 4.93. The van der Waals surface area contributed by atoms with Crippen LogP contribution in [0.25, 0.3) is 0 Å². The van der Waals surface area contributed by atoms with Crippen molar-refractivity contribution in [2.45, 2.75) is 31.9 Å². The summed E-state index contributed by atoms with van der Waals surface area (Å²) in [6.07, 6.45) is 0.462. The Kier molecular flexibility index (Phi) is 3.69. The summed E-state index contributed by atoms with van der Waals surface area (Å²) >= 11 is 0. The molecule has 0 saturated carbocycles. The lowest BCUT2D eigenvalue weighted by atomic mass is 9.90. The van der Waals surface area contributed by atoms with Crippen LogP contribution >= 0.6 is 12.4 Å². The van der Waals surface area contributed by atoms with Gasteiger partial charge < -0.3 is 5.11 Å². The second kappa shape index (κ2) is 3.73. The summed E-state index contributed by atoms with van der Waals surface area (Å²) in [7, 11) is 1.92. The Morgan fingerprint density at radius 2 is 2.17 bits per heavy atom. The van der Waals surface area contributed by atoms with Crippen molar-refractivity contribution < 1.29 is 9.90 Å². The number of carbonyl (C=O) groups is 1. The third-order valence-electron chi connectivity index (χ3n) is 2.39. The fraction of sp³-hybridized carbons (Fsp3) is 0.875. The highest BCUT2D eigenvalue weighted by Crippen LogP contribution is 2.19.